The maximum absolute atomic E-state index is 9.48. The summed E-state index contributed by atoms with van der Waals surface area (Å²) in [6.07, 6.45) is 2.27. The van der Waals surface area contributed by atoms with Crippen molar-refractivity contribution in [1.82, 2.24) is 9.88 Å². The Balaban J connectivity index is 1.61. The smallest absolute Gasteiger partial charge is 0.0587 e. The van der Waals surface area contributed by atoms with Crippen LogP contribution in [0.5, 0.6) is 0 Å². The van der Waals surface area contributed by atoms with Crippen molar-refractivity contribution in [2.45, 2.75) is 30.3 Å². The second-order valence-corrected chi connectivity index (χ2v) is 7.11. The second-order valence-electron chi connectivity index (χ2n) is 6.60. The third-order valence-electron chi connectivity index (χ3n) is 4.94. The second kappa shape index (κ2) is 6.63. The van der Waals surface area contributed by atoms with Crippen LogP contribution in [0.3, 0.4) is 0 Å². The monoisotopic (exact) mass is 338 g/mol. The molecule has 0 aliphatic carbocycles. The summed E-state index contributed by atoms with van der Waals surface area (Å²) in [5.74, 6) is 0. The van der Waals surface area contributed by atoms with Crippen LogP contribution in [0.4, 0.5) is 0 Å². The fourth-order valence-corrected chi connectivity index (χ4v) is 3.90. The minimum absolute atomic E-state index is 0.254. The first-order chi connectivity index (χ1) is 11.7. The summed E-state index contributed by atoms with van der Waals surface area (Å²) in [6, 6.07) is 17.3. The minimum atomic E-state index is 0.254. The molecule has 24 heavy (non-hydrogen) atoms. The quantitative estimate of drug-likeness (QED) is 0.627. The Bertz CT molecular complexity index is 858. The van der Waals surface area contributed by atoms with Gasteiger partial charge in [0.1, 0.15) is 0 Å². The molecule has 1 aromatic heterocycles. The largest absolute Gasteiger partial charge is 0.395 e. The Morgan fingerprint density at radius 1 is 1.12 bits per heavy atom. The number of nitrogens with one attached hydrogen (secondary N) is 1. The lowest BCUT2D eigenvalue weighted by atomic mass is 10.0. The van der Waals surface area contributed by atoms with Crippen LogP contribution in [0.25, 0.3) is 22.0 Å². The van der Waals surface area contributed by atoms with E-state index in [1.54, 1.807) is 0 Å². The topological polar surface area (TPSA) is 39.3 Å². The molecule has 1 saturated heterocycles. The molecule has 2 aromatic carbocycles. The average Bonchev–Trinajstić information content (AvgIpc) is 3.20. The van der Waals surface area contributed by atoms with Gasteiger partial charge >= 0.3 is 0 Å². The third kappa shape index (κ3) is 3.09. The number of rotatable bonds is 4. The summed E-state index contributed by atoms with van der Waals surface area (Å²) in [5.41, 5.74) is 4.77. The van der Waals surface area contributed by atoms with Gasteiger partial charge in [0.2, 0.25) is 0 Å². The highest BCUT2D eigenvalue weighted by molar-refractivity contribution is 7.80. The molecule has 3 aromatic rings. The van der Waals surface area contributed by atoms with Crippen LogP contribution in [0.1, 0.15) is 18.5 Å². The molecule has 0 spiro atoms. The number of H-pyrrole nitrogens is 1. The molecule has 2 heterocycles. The zero-order chi connectivity index (χ0) is 16.5. The van der Waals surface area contributed by atoms with E-state index in [0.717, 1.165) is 29.9 Å². The summed E-state index contributed by atoms with van der Waals surface area (Å²) < 4.78 is 0. The number of hydrogen-bond acceptors (Lipinski definition) is 3. The first-order valence-corrected chi connectivity index (χ1v) is 8.93. The van der Waals surface area contributed by atoms with Gasteiger partial charge in [-0.25, -0.2) is 0 Å². The number of thiol groups is 1. The number of aliphatic hydroxyl groups excluding tert-OH is 1. The van der Waals surface area contributed by atoms with Crippen molar-refractivity contribution in [3.05, 3.63) is 54.2 Å². The zero-order valence-electron chi connectivity index (χ0n) is 13.6. The molecule has 0 saturated carbocycles. The van der Waals surface area contributed by atoms with Gasteiger partial charge in [-0.15, -0.1) is 12.6 Å². The van der Waals surface area contributed by atoms with Crippen molar-refractivity contribution in [3.63, 3.8) is 0 Å². The fraction of sp³-hybridized carbons (Fsp3) is 0.300. The predicted octanol–water partition coefficient (Wildman–Crippen LogP) is 4.08. The lowest BCUT2D eigenvalue weighted by Gasteiger charge is -2.21. The number of likely N-dealkylation sites (tertiary alicyclic amines) is 1. The van der Waals surface area contributed by atoms with Gasteiger partial charge in [-0.3, -0.25) is 4.90 Å². The van der Waals surface area contributed by atoms with E-state index in [-0.39, 0.29) is 6.61 Å². The Labute approximate surface area is 147 Å². The fourth-order valence-electron chi connectivity index (χ4n) is 3.67. The normalized spacial score (nSPS) is 18.5. The molecule has 1 unspecified atom stereocenters. The maximum Gasteiger partial charge on any atom is 0.0587 e. The summed E-state index contributed by atoms with van der Waals surface area (Å²) in [6.45, 7) is 2.20. The molecule has 1 aliphatic heterocycles. The van der Waals surface area contributed by atoms with E-state index in [4.69, 9.17) is 0 Å². The van der Waals surface area contributed by atoms with Crippen LogP contribution in [0.15, 0.2) is 53.4 Å². The molecular formula is C20H22N2OS. The third-order valence-corrected chi connectivity index (χ3v) is 5.22. The lowest BCUT2D eigenvalue weighted by Crippen LogP contribution is -2.31. The van der Waals surface area contributed by atoms with Gasteiger partial charge in [0, 0.05) is 34.1 Å². The summed E-state index contributed by atoms with van der Waals surface area (Å²) >= 11 is 4.43. The summed E-state index contributed by atoms with van der Waals surface area (Å²) in [7, 11) is 0. The van der Waals surface area contributed by atoms with E-state index in [9.17, 15) is 5.11 Å². The van der Waals surface area contributed by atoms with Crippen molar-refractivity contribution < 1.29 is 5.11 Å². The molecule has 0 bridgehead atoms. The molecule has 1 atom stereocenters. The molecule has 1 fully saturated rings. The van der Waals surface area contributed by atoms with Gasteiger partial charge in [0.15, 0.2) is 0 Å². The average molecular weight is 338 g/mol. The van der Waals surface area contributed by atoms with Crippen molar-refractivity contribution >= 4 is 23.5 Å². The Hall–Kier alpha value is -1.75. The molecule has 0 radical (unpaired) electrons. The summed E-state index contributed by atoms with van der Waals surface area (Å²) in [5, 5.41) is 10.7. The van der Waals surface area contributed by atoms with Crippen LogP contribution in [0, 0.1) is 0 Å². The zero-order valence-corrected chi connectivity index (χ0v) is 14.5. The molecule has 4 rings (SSSR count). The predicted molar refractivity (Wildman–Crippen MR) is 102 cm³/mol. The van der Waals surface area contributed by atoms with Crippen molar-refractivity contribution in [2.24, 2.45) is 0 Å². The van der Waals surface area contributed by atoms with Gasteiger partial charge in [-0.1, -0.05) is 18.2 Å². The van der Waals surface area contributed by atoms with Crippen LogP contribution < -0.4 is 0 Å². The Kier molecular flexibility index (Phi) is 4.35. The molecule has 3 nitrogen and oxygen atoms in total. The van der Waals surface area contributed by atoms with E-state index in [1.807, 2.05) is 12.1 Å². The molecule has 124 valence electrons. The van der Waals surface area contributed by atoms with Gasteiger partial charge in [0.05, 0.1) is 6.61 Å². The highest BCUT2D eigenvalue weighted by atomic mass is 32.1. The number of aromatic nitrogens is 1. The van der Waals surface area contributed by atoms with E-state index in [1.165, 1.54) is 28.6 Å². The Morgan fingerprint density at radius 3 is 2.83 bits per heavy atom. The van der Waals surface area contributed by atoms with Gasteiger partial charge in [-0.05, 0) is 60.8 Å². The van der Waals surface area contributed by atoms with Crippen molar-refractivity contribution in [3.8, 4) is 11.1 Å². The summed E-state index contributed by atoms with van der Waals surface area (Å²) in [4.78, 5) is 6.87. The first-order valence-electron chi connectivity index (χ1n) is 8.49. The minimum Gasteiger partial charge on any atom is -0.395 e. The van der Waals surface area contributed by atoms with Crippen LogP contribution >= 0.6 is 12.6 Å². The molecule has 0 amide bonds. The molecular weight excluding hydrogens is 316 g/mol. The highest BCUT2D eigenvalue weighted by Crippen LogP contribution is 2.27. The first kappa shape index (κ1) is 15.8. The van der Waals surface area contributed by atoms with Gasteiger partial charge in [-0.2, -0.15) is 0 Å². The SMILES string of the molecule is OCC1CCCN1Cc1cc2cc(-c3cccc(S)c3)ccc2[nH]1. The van der Waals surface area contributed by atoms with E-state index < -0.39 is 0 Å². The van der Waals surface area contributed by atoms with E-state index >= 15 is 0 Å². The Morgan fingerprint density at radius 2 is 2.00 bits per heavy atom. The van der Waals surface area contributed by atoms with Crippen LogP contribution in [-0.2, 0) is 6.54 Å². The number of aromatic amines is 1. The van der Waals surface area contributed by atoms with E-state index in [0.29, 0.717) is 6.04 Å². The van der Waals surface area contributed by atoms with Gasteiger partial charge in [0.25, 0.3) is 0 Å². The number of fused-ring (bicyclic) bond motifs is 1. The molecule has 1 aliphatic rings. The number of nitrogens with zero attached hydrogens (tertiary/aromatic N) is 1. The number of aliphatic hydroxyl groups is 1. The standard InChI is InChI=1S/C20H22N2OS/c23-13-18-4-2-8-22(18)12-17-10-16-9-15(6-7-20(16)21-17)14-3-1-5-19(24)11-14/h1,3,5-7,9-11,18,21,23-24H,2,4,8,12-13H2. The molecule has 4 heteroatoms. The van der Waals surface area contributed by atoms with Gasteiger partial charge < -0.3 is 10.1 Å². The van der Waals surface area contributed by atoms with Crippen molar-refractivity contribution in [1.29, 1.82) is 0 Å². The van der Waals surface area contributed by atoms with Crippen LogP contribution in [0.2, 0.25) is 0 Å². The van der Waals surface area contributed by atoms with Crippen LogP contribution in [-0.4, -0.2) is 34.2 Å². The molecule has 2 N–H and O–H groups in total. The van der Waals surface area contributed by atoms with Crippen molar-refractivity contribution in [2.75, 3.05) is 13.2 Å². The van der Waals surface area contributed by atoms with E-state index in [2.05, 4.69) is 58.9 Å². The lowest BCUT2D eigenvalue weighted by molar-refractivity contribution is 0.152. The number of benzene rings is 2. The number of hydrogen-bond donors (Lipinski definition) is 3. The maximum atomic E-state index is 9.48. The highest BCUT2D eigenvalue weighted by Gasteiger charge is 2.23.